The molecule has 2 aromatic heterocycles. The summed E-state index contributed by atoms with van der Waals surface area (Å²) in [5, 5.41) is 0.423. The summed E-state index contributed by atoms with van der Waals surface area (Å²) in [6, 6.07) is 8.19. The molecule has 1 N–H and O–H groups in total. The number of Topliss-reactive ketones (excluding diaryl/α,β-unsaturated/α-hetero) is 1. The summed E-state index contributed by atoms with van der Waals surface area (Å²) in [5.41, 5.74) is 4.40. The van der Waals surface area contributed by atoms with Gasteiger partial charge in [0.15, 0.2) is 11.4 Å². The Morgan fingerprint density at radius 1 is 0.903 bits per heavy atom. The van der Waals surface area contributed by atoms with Gasteiger partial charge in [-0.1, -0.05) is 38.1 Å². The molecule has 2 aliphatic rings. The number of carbonyl (C=O) groups is 1. The van der Waals surface area contributed by atoms with Crippen LogP contribution in [0.5, 0.6) is 0 Å². The lowest BCUT2D eigenvalue weighted by Crippen LogP contribution is -2.32. The number of ketones is 1. The normalized spacial score (nSPS) is 16.7. The van der Waals surface area contributed by atoms with Crippen LogP contribution in [0.15, 0.2) is 29.1 Å². The molecule has 0 spiro atoms. The van der Waals surface area contributed by atoms with Crippen LogP contribution in [0.25, 0.3) is 22.2 Å². The minimum absolute atomic E-state index is 0.0677. The van der Waals surface area contributed by atoms with Crippen LogP contribution in [-0.2, 0) is 6.42 Å². The van der Waals surface area contributed by atoms with Gasteiger partial charge in [0.1, 0.15) is 0 Å². The minimum Gasteiger partial charge on any atom is -0.342 e. The molecule has 1 aliphatic heterocycles. The summed E-state index contributed by atoms with van der Waals surface area (Å²) < 4.78 is 0. The van der Waals surface area contributed by atoms with Crippen LogP contribution < -0.4 is 10.5 Å². The fraction of sp³-hybridized carbons (Fsp3) is 0.440. The summed E-state index contributed by atoms with van der Waals surface area (Å²) in [5.74, 6) is 1.07. The lowest BCUT2D eigenvalue weighted by molar-refractivity contribution is 0.0972. The highest BCUT2D eigenvalue weighted by molar-refractivity contribution is 6.10. The number of anilines is 1. The van der Waals surface area contributed by atoms with E-state index in [9.17, 15) is 9.59 Å². The molecule has 5 rings (SSSR count). The second-order valence-electron chi connectivity index (χ2n) is 9.00. The molecule has 3 aromatic rings. The summed E-state index contributed by atoms with van der Waals surface area (Å²) in [7, 11) is 0. The maximum absolute atomic E-state index is 13.3. The van der Waals surface area contributed by atoms with Gasteiger partial charge in [0.05, 0.1) is 11.1 Å². The van der Waals surface area contributed by atoms with Gasteiger partial charge >= 0.3 is 0 Å². The number of hydrogen-bond acceptors (Lipinski definition) is 5. The largest absolute Gasteiger partial charge is 0.342 e. The first-order valence-electron chi connectivity index (χ1n) is 11.4. The van der Waals surface area contributed by atoms with Gasteiger partial charge in [-0.2, -0.15) is 4.98 Å². The SMILES string of the molecule is CC(C)c1ccc(-c2c3c(nc4nc(N5CCCCC5)[nH]c(=O)c24)CCCC3=O)cc1. The zero-order valence-corrected chi connectivity index (χ0v) is 18.2. The molecule has 0 unspecified atom stereocenters. The van der Waals surface area contributed by atoms with Gasteiger partial charge in [-0.15, -0.1) is 0 Å². The molecule has 0 bridgehead atoms. The molecule has 31 heavy (non-hydrogen) atoms. The molecule has 0 atom stereocenters. The number of aromatic nitrogens is 3. The predicted octanol–water partition coefficient (Wildman–Crippen LogP) is 4.62. The number of H-pyrrole nitrogens is 1. The predicted molar refractivity (Wildman–Crippen MR) is 123 cm³/mol. The minimum atomic E-state index is -0.220. The Balaban J connectivity index is 1.76. The highest BCUT2D eigenvalue weighted by Gasteiger charge is 2.28. The molecule has 1 fully saturated rings. The van der Waals surface area contributed by atoms with Crippen molar-refractivity contribution in [1.29, 1.82) is 0 Å². The average molecular weight is 417 g/mol. The number of piperidine rings is 1. The molecule has 160 valence electrons. The number of aryl methyl sites for hydroxylation is 1. The van der Waals surface area contributed by atoms with Crippen LogP contribution in [0.4, 0.5) is 5.95 Å². The number of nitrogens with one attached hydrogen (secondary N) is 1. The van der Waals surface area contributed by atoms with Gasteiger partial charge in [-0.05, 0) is 49.1 Å². The number of rotatable bonds is 3. The molecular formula is C25H28N4O2. The number of benzene rings is 1. The van der Waals surface area contributed by atoms with Crippen LogP contribution >= 0.6 is 0 Å². The number of fused-ring (bicyclic) bond motifs is 2. The number of aromatic amines is 1. The molecule has 6 nitrogen and oxygen atoms in total. The van der Waals surface area contributed by atoms with E-state index in [0.717, 1.165) is 50.0 Å². The highest BCUT2D eigenvalue weighted by atomic mass is 16.1. The summed E-state index contributed by atoms with van der Waals surface area (Å²) >= 11 is 0. The Kier molecular flexibility index (Phi) is 5.08. The van der Waals surface area contributed by atoms with Crippen LogP contribution in [0, 0.1) is 0 Å². The van der Waals surface area contributed by atoms with E-state index < -0.39 is 0 Å². The van der Waals surface area contributed by atoms with E-state index in [1.54, 1.807) is 0 Å². The lowest BCUT2D eigenvalue weighted by atomic mass is 9.86. The molecule has 1 aromatic carbocycles. The van der Waals surface area contributed by atoms with Crippen molar-refractivity contribution in [3.63, 3.8) is 0 Å². The van der Waals surface area contributed by atoms with Crippen molar-refractivity contribution in [2.75, 3.05) is 18.0 Å². The quantitative estimate of drug-likeness (QED) is 0.674. The molecule has 1 saturated heterocycles. The van der Waals surface area contributed by atoms with Crippen LogP contribution in [0.1, 0.15) is 73.5 Å². The van der Waals surface area contributed by atoms with E-state index in [1.165, 1.54) is 12.0 Å². The Morgan fingerprint density at radius 2 is 1.65 bits per heavy atom. The van der Waals surface area contributed by atoms with Crippen molar-refractivity contribution < 1.29 is 4.79 Å². The maximum Gasteiger partial charge on any atom is 0.262 e. The van der Waals surface area contributed by atoms with E-state index in [2.05, 4.69) is 35.9 Å². The van der Waals surface area contributed by atoms with E-state index in [0.29, 0.717) is 40.4 Å². The van der Waals surface area contributed by atoms with E-state index >= 15 is 0 Å². The summed E-state index contributed by atoms with van der Waals surface area (Å²) in [4.78, 5) is 40.9. The first-order chi connectivity index (χ1) is 15.0. The van der Waals surface area contributed by atoms with E-state index in [4.69, 9.17) is 9.97 Å². The lowest BCUT2D eigenvalue weighted by Gasteiger charge is -2.27. The van der Waals surface area contributed by atoms with Crippen LogP contribution in [-0.4, -0.2) is 33.8 Å². The smallest absolute Gasteiger partial charge is 0.262 e. The second kappa shape index (κ2) is 7.91. The second-order valence-corrected chi connectivity index (χ2v) is 9.00. The summed E-state index contributed by atoms with van der Waals surface area (Å²) in [6.07, 6.45) is 5.43. The van der Waals surface area contributed by atoms with Crippen molar-refractivity contribution in [3.8, 4) is 11.1 Å². The monoisotopic (exact) mass is 416 g/mol. The highest BCUT2D eigenvalue weighted by Crippen LogP contribution is 2.35. The third-order valence-electron chi connectivity index (χ3n) is 6.54. The average Bonchev–Trinajstić information content (AvgIpc) is 2.78. The molecule has 0 saturated carbocycles. The van der Waals surface area contributed by atoms with Crippen molar-refractivity contribution in [3.05, 3.63) is 51.4 Å². The Bertz CT molecular complexity index is 1200. The molecule has 3 heterocycles. The van der Waals surface area contributed by atoms with E-state index in [1.807, 2.05) is 12.1 Å². The zero-order chi connectivity index (χ0) is 21.5. The van der Waals surface area contributed by atoms with Gasteiger partial charge < -0.3 is 4.90 Å². The topological polar surface area (TPSA) is 79.0 Å². The third-order valence-corrected chi connectivity index (χ3v) is 6.54. The zero-order valence-electron chi connectivity index (χ0n) is 18.2. The van der Waals surface area contributed by atoms with Crippen molar-refractivity contribution >= 4 is 22.8 Å². The van der Waals surface area contributed by atoms with Crippen LogP contribution in [0.2, 0.25) is 0 Å². The van der Waals surface area contributed by atoms with Crippen molar-refractivity contribution in [1.82, 2.24) is 15.0 Å². The number of pyridine rings is 1. The van der Waals surface area contributed by atoms with Gasteiger partial charge in [0.25, 0.3) is 5.56 Å². The number of nitrogens with zero attached hydrogens (tertiary/aromatic N) is 3. The molecule has 6 heteroatoms. The standard InChI is InChI=1S/C25H28N4O2/c1-15(2)16-9-11-17(12-10-16)20-21-18(7-6-8-19(21)30)26-23-22(20)24(31)28-25(27-23)29-13-4-3-5-14-29/h9-12,15H,3-8,13-14H2,1-2H3,(H,26,27,28,31). The number of hydrogen-bond donors (Lipinski definition) is 1. The van der Waals surface area contributed by atoms with Crippen molar-refractivity contribution in [2.45, 2.75) is 58.3 Å². The van der Waals surface area contributed by atoms with Gasteiger partial charge in [-0.3, -0.25) is 14.6 Å². The van der Waals surface area contributed by atoms with Crippen molar-refractivity contribution in [2.24, 2.45) is 0 Å². The first-order valence-corrected chi connectivity index (χ1v) is 11.4. The Morgan fingerprint density at radius 3 is 2.35 bits per heavy atom. The molecular weight excluding hydrogens is 388 g/mol. The summed E-state index contributed by atoms with van der Waals surface area (Å²) in [6.45, 7) is 6.08. The molecule has 1 aliphatic carbocycles. The molecule has 0 radical (unpaired) electrons. The Hall–Kier alpha value is -3.02. The van der Waals surface area contributed by atoms with Crippen LogP contribution in [0.3, 0.4) is 0 Å². The van der Waals surface area contributed by atoms with Gasteiger partial charge in [0, 0.05) is 30.6 Å². The maximum atomic E-state index is 13.3. The first kappa shape index (κ1) is 19.9. The fourth-order valence-electron chi connectivity index (χ4n) is 4.81. The Labute approximate surface area is 181 Å². The third kappa shape index (κ3) is 3.54. The fourth-order valence-corrected chi connectivity index (χ4v) is 4.81. The molecule has 0 amide bonds. The van der Waals surface area contributed by atoms with Gasteiger partial charge in [-0.25, -0.2) is 4.98 Å². The van der Waals surface area contributed by atoms with E-state index in [-0.39, 0.29) is 11.3 Å². The van der Waals surface area contributed by atoms with Gasteiger partial charge in [0.2, 0.25) is 5.95 Å². The number of carbonyl (C=O) groups excluding carboxylic acids is 1.